The van der Waals surface area contributed by atoms with E-state index in [0.29, 0.717) is 24.0 Å². The Morgan fingerprint density at radius 2 is 1.92 bits per heavy atom. The SMILES string of the molecule is N#Cc1ccc(OCc2nnc3n2CCCCC3C2CCOCC2)cc1. The van der Waals surface area contributed by atoms with Gasteiger partial charge in [-0.15, -0.1) is 10.2 Å². The van der Waals surface area contributed by atoms with Crippen LogP contribution in [0, 0.1) is 17.2 Å². The van der Waals surface area contributed by atoms with E-state index in [2.05, 4.69) is 20.8 Å². The summed E-state index contributed by atoms with van der Waals surface area (Å²) in [6.45, 7) is 3.10. The second-order valence-corrected chi connectivity index (χ2v) is 7.10. The lowest BCUT2D eigenvalue weighted by molar-refractivity contribution is 0.0556. The predicted octanol–water partition coefficient (Wildman–Crippen LogP) is 3.42. The van der Waals surface area contributed by atoms with Crippen LogP contribution < -0.4 is 4.74 Å². The summed E-state index contributed by atoms with van der Waals surface area (Å²) in [5.74, 6) is 3.90. The second kappa shape index (κ2) is 7.88. The molecule has 0 N–H and O–H groups in total. The summed E-state index contributed by atoms with van der Waals surface area (Å²) in [6.07, 6.45) is 5.83. The van der Waals surface area contributed by atoms with E-state index in [1.54, 1.807) is 12.1 Å². The molecule has 1 saturated heterocycles. The van der Waals surface area contributed by atoms with Crippen molar-refractivity contribution in [2.75, 3.05) is 13.2 Å². The van der Waals surface area contributed by atoms with Crippen LogP contribution in [-0.2, 0) is 17.9 Å². The Labute approximate surface area is 153 Å². The first-order valence-electron chi connectivity index (χ1n) is 9.48. The molecule has 6 heteroatoms. The summed E-state index contributed by atoms with van der Waals surface area (Å²) >= 11 is 0. The standard InChI is InChI=1S/C20H24N4O2/c21-13-15-4-6-17(7-5-15)26-14-19-22-23-20-18(3-1-2-10-24(19)20)16-8-11-25-12-9-16/h4-7,16,18H,1-3,8-12,14H2. The van der Waals surface area contributed by atoms with Crippen molar-refractivity contribution in [2.24, 2.45) is 5.92 Å². The highest BCUT2D eigenvalue weighted by molar-refractivity contribution is 5.34. The van der Waals surface area contributed by atoms with Gasteiger partial charge in [0.25, 0.3) is 0 Å². The van der Waals surface area contributed by atoms with Gasteiger partial charge in [0.15, 0.2) is 5.82 Å². The van der Waals surface area contributed by atoms with Crippen molar-refractivity contribution in [3.63, 3.8) is 0 Å². The topological polar surface area (TPSA) is 73.0 Å². The summed E-state index contributed by atoms with van der Waals surface area (Å²) in [5, 5.41) is 17.9. The van der Waals surface area contributed by atoms with Gasteiger partial charge < -0.3 is 14.0 Å². The number of rotatable bonds is 4. The van der Waals surface area contributed by atoms with Crippen molar-refractivity contribution < 1.29 is 9.47 Å². The van der Waals surface area contributed by atoms with Crippen LogP contribution in [0.1, 0.15) is 55.2 Å². The lowest BCUT2D eigenvalue weighted by Crippen LogP contribution is -2.24. The fraction of sp³-hybridized carbons (Fsp3) is 0.550. The Morgan fingerprint density at radius 3 is 2.69 bits per heavy atom. The van der Waals surface area contributed by atoms with Crippen LogP contribution in [0.25, 0.3) is 0 Å². The molecule has 2 aliphatic heterocycles. The summed E-state index contributed by atoms with van der Waals surface area (Å²) in [5.41, 5.74) is 0.632. The van der Waals surface area contributed by atoms with Gasteiger partial charge in [-0.1, -0.05) is 6.42 Å². The van der Waals surface area contributed by atoms with Gasteiger partial charge >= 0.3 is 0 Å². The first-order chi connectivity index (χ1) is 12.8. The van der Waals surface area contributed by atoms with Gasteiger partial charge in [0.2, 0.25) is 0 Å². The number of nitriles is 1. The monoisotopic (exact) mass is 352 g/mol. The van der Waals surface area contributed by atoms with Crippen LogP contribution in [0.5, 0.6) is 5.75 Å². The number of nitrogens with zero attached hydrogens (tertiary/aromatic N) is 4. The third-order valence-electron chi connectivity index (χ3n) is 5.52. The molecule has 1 aromatic carbocycles. The number of hydrogen-bond donors (Lipinski definition) is 0. The molecule has 0 spiro atoms. The van der Waals surface area contributed by atoms with Crippen LogP contribution in [0.15, 0.2) is 24.3 Å². The Bertz CT molecular complexity index is 772. The Morgan fingerprint density at radius 1 is 1.12 bits per heavy atom. The summed E-state index contributed by atoms with van der Waals surface area (Å²) in [7, 11) is 0. The minimum Gasteiger partial charge on any atom is -0.486 e. The third-order valence-corrected chi connectivity index (χ3v) is 5.52. The predicted molar refractivity (Wildman–Crippen MR) is 95.6 cm³/mol. The highest BCUT2D eigenvalue weighted by Crippen LogP contribution is 2.37. The van der Waals surface area contributed by atoms with Gasteiger partial charge in [0, 0.05) is 25.7 Å². The van der Waals surface area contributed by atoms with E-state index in [4.69, 9.17) is 14.7 Å². The molecule has 0 saturated carbocycles. The van der Waals surface area contributed by atoms with Crippen LogP contribution in [-0.4, -0.2) is 28.0 Å². The molecule has 1 aromatic heterocycles. The first kappa shape index (κ1) is 17.0. The molecule has 1 atom stereocenters. The van der Waals surface area contributed by atoms with Crippen LogP contribution >= 0.6 is 0 Å². The van der Waals surface area contributed by atoms with Crippen molar-refractivity contribution in [2.45, 2.75) is 51.2 Å². The van der Waals surface area contributed by atoms with Gasteiger partial charge in [-0.25, -0.2) is 0 Å². The van der Waals surface area contributed by atoms with E-state index < -0.39 is 0 Å². The second-order valence-electron chi connectivity index (χ2n) is 7.10. The molecule has 0 amide bonds. The molecule has 1 fully saturated rings. The van der Waals surface area contributed by atoms with Crippen molar-refractivity contribution in [3.8, 4) is 11.8 Å². The number of benzene rings is 1. The average Bonchev–Trinajstić information content (AvgIpc) is 2.97. The quantitative estimate of drug-likeness (QED) is 0.843. The van der Waals surface area contributed by atoms with Gasteiger partial charge in [-0.2, -0.15) is 5.26 Å². The normalized spacial score (nSPS) is 20.8. The maximum absolute atomic E-state index is 8.88. The maximum atomic E-state index is 8.88. The van der Waals surface area contributed by atoms with Crippen molar-refractivity contribution in [3.05, 3.63) is 41.5 Å². The highest BCUT2D eigenvalue weighted by Gasteiger charge is 2.31. The zero-order valence-electron chi connectivity index (χ0n) is 14.9. The van der Waals surface area contributed by atoms with Crippen LogP contribution in [0.4, 0.5) is 0 Å². The van der Waals surface area contributed by atoms with E-state index in [0.717, 1.165) is 56.4 Å². The lowest BCUT2D eigenvalue weighted by atomic mass is 9.82. The summed E-state index contributed by atoms with van der Waals surface area (Å²) < 4.78 is 13.7. The van der Waals surface area contributed by atoms with E-state index in [-0.39, 0.29) is 0 Å². The van der Waals surface area contributed by atoms with Crippen molar-refractivity contribution in [1.82, 2.24) is 14.8 Å². The van der Waals surface area contributed by atoms with E-state index in [1.165, 1.54) is 12.8 Å². The number of ether oxygens (including phenoxy) is 2. The van der Waals surface area contributed by atoms with E-state index >= 15 is 0 Å². The summed E-state index contributed by atoms with van der Waals surface area (Å²) in [4.78, 5) is 0. The molecular formula is C20H24N4O2. The molecular weight excluding hydrogens is 328 g/mol. The molecule has 2 aliphatic rings. The molecule has 26 heavy (non-hydrogen) atoms. The first-order valence-corrected chi connectivity index (χ1v) is 9.48. The van der Waals surface area contributed by atoms with E-state index in [1.807, 2.05) is 12.1 Å². The number of aromatic nitrogens is 3. The van der Waals surface area contributed by atoms with Crippen LogP contribution in [0.2, 0.25) is 0 Å². The highest BCUT2D eigenvalue weighted by atomic mass is 16.5. The van der Waals surface area contributed by atoms with Gasteiger partial charge in [-0.05, 0) is 55.9 Å². The average molecular weight is 352 g/mol. The fourth-order valence-electron chi connectivity index (χ4n) is 4.08. The van der Waals surface area contributed by atoms with Crippen molar-refractivity contribution in [1.29, 1.82) is 5.26 Å². The third kappa shape index (κ3) is 3.58. The molecule has 3 heterocycles. The molecule has 0 aliphatic carbocycles. The smallest absolute Gasteiger partial charge is 0.171 e. The molecule has 2 aromatic rings. The zero-order chi connectivity index (χ0) is 17.8. The molecule has 6 nitrogen and oxygen atoms in total. The van der Waals surface area contributed by atoms with Gasteiger partial charge in [0.1, 0.15) is 18.2 Å². The largest absolute Gasteiger partial charge is 0.486 e. The lowest BCUT2D eigenvalue weighted by Gasteiger charge is -2.28. The van der Waals surface area contributed by atoms with Gasteiger partial charge in [-0.3, -0.25) is 0 Å². The van der Waals surface area contributed by atoms with Crippen LogP contribution in [0.3, 0.4) is 0 Å². The Hall–Kier alpha value is -2.39. The Balaban J connectivity index is 1.49. The molecule has 0 radical (unpaired) electrons. The van der Waals surface area contributed by atoms with Gasteiger partial charge in [0.05, 0.1) is 11.6 Å². The molecule has 0 bridgehead atoms. The Kier molecular flexibility index (Phi) is 5.16. The molecule has 1 unspecified atom stereocenters. The minimum atomic E-state index is 0.402. The summed E-state index contributed by atoms with van der Waals surface area (Å²) in [6, 6.07) is 9.29. The minimum absolute atomic E-state index is 0.402. The van der Waals surface area contributed by atoms with Crippen molar-refractivity contribution >= 4 is 0 Å². The maximum Gasteiger partial charge on any atom is 0.171 e. The molecule has 136 valence electrons. The zero-order valence-corrected chi connectivity index (χ0v) is 14.9. The van der Waals surface area contributed by atoms with E-state index in [9.17, 15) is 0 Å². The number of hydrogen-bond acceptors (Lipinski definition) is 5. The molecule has 4 rings (SSSR count). The number of fused-ring (bicyclic) bond motifs is 1. The fourth-order valence-corrected chi connectivity index (χ4v) is 4.08.